The summed E-state index contributed by atoms with van der Waals surface area (Å²) in [4.78, 5) is 28.7. The number of carbonyl (C=O) groups is 2. The number of anilines is 2. The van der Waals surface area contributed by atoms with Crippen molar-refractivity contribution in [2.24, 2.45) is 0 Å². The Kier molecular flexibility index (Phi) is 6.26. The first-order valence-electron chi connectivity index (χ1n) is 10.1. The third-order valence-corrected chi connectivity index (χ3v) is 4.88. The van der Waals surface area contributed by atoms with Gasteiger partial charge in [0.2, 0.25) is 0 Å². The van der Waals surface area contributed by atoms with Crippen molar-refractivity contribution in [3.05, 3.63) is 77.6 Å². The molecule has 1 unspecified atom stereocenters. The van der Waals surface area contributed by atoms with Crippen LogP contribution in [0.3, 0.4) is 0 Å². The first kappa shape index (κ1) is 22.9. The van der Waals surface area contributed by atoms with Crippen LogP contribution in [0.25, 0.3) is 0 Å². The molecule has 0 fully saturated rings. The smallest absolute Gasteiger partial charge is 0.447 e. The number of alkyl halides is 3. The summed E-state index contributed by atoms with van der Waals surface area (Å²) in [5, 5.41) is 8.28. The van der Waals surface area contributed by atoms with E-state index in [4.69, 9.17) is 0 Å². The quantitative estimate of drug-likeness (QED) is 0.502. The van der Waals surface area contributed by atoms with Gasteiger partial charge in [0.15, 0.2) is 11.5 Å². The highest BCUT2D eigenvalue weighted by atomic mass is 19.3. The van der Waals surface area contributed by atoms with Gasteiger partial charge in [-0.25, -0.2) is 0 Å². The van der Waals surface area contributed by atoms with Crippen molar-refractivity contribution in [3.63, 3.8) is 0 Å². The number of fused-ring (bicyclic) bond motifs is 1. The maximum absolute atomic E-state index is 13.4. The molecule has 34 heavy (non-hydrogen) atoms. The van der Waals surface area contributed by atoms with E-state index in [9.17, 15) is 22.8 Å². The largest absolute Gasteiger partial charge is 0.468 e. The molecular formula is C23H19F3N4O4. The van der Waals surface area contributed by atoms with Gasteiger partial charge in [0, 0.05) is 37.2 Å². The highest BCUT2D eigenvalue weighted by Gasteiger charge is 2.49. The lowest BCUT2D eigenvalue weighted by atomic mass is 10.1. The Morgan fingerprint density at radius 3 is 2.65 bits per heavy atom. The third kappa shape index (κ3) is 4.87. The van der Waals surface area contributed by atoms with Crippen molar-refractivity contribution < 1.29 is 32.2 Å². The molecule has 1 aliphatic heterocycles. The minimum atomic E-state index is -4.10. The van der Waals surface area contributed by atoms with Crippen molar-refractivity contribution in [3.8, 4) is 11.5 Å². The maximum atomic E-state index is 13.4. The Balaban J connectivity index is 1.47. The lowest BCUT2D eigenvalue weighted by molar-refractivity contribution is -0.281. The van der Waals surface area contributed by atoms with Crippen LogP contribution in [0, 0.1) is 0 Å². The average Bonchev–Trinajstić information content (AvgIpc) is 2.83. The van der Waals surface area contributed by atoms with E-state index in [1.54, 1.807) is 36.4 Å². The van der Waals surface area contributed by atoms with Crippen molar-refractivity contribution in [2.75, 3.05) is 17.7 Å². The molecule has 2 amide bonds. The molecule has 1 aromatic heterocycles. The van der Waals surface area contributed by atoms with Gasteiger partial charge in [0.25, 0.3) is 11.8 Å². The Morgan fingerprint density at radius 2 is 1.85 bits per heavy atom. The number of benzene rings is 2. The third-order valence-electron chi connectivity index (χ3n) is 4.88. The molecule has 3 N–H and O–H groups in total. The normalized spacial score (nSPS) is 15.8. The topological polar surface area (TPSA) is 102 Å². The molecule has 1 aliphatic rings. The van der Waals surface area contributed by atoms with E-state index < -0.39 is 18.4 Å². The fourth-order valence-corrected chi connectivity index (χ4v) is 3.20. The summed E-state index contributed by atoms with van der Waals surface area (Å²) < 4.78 is 49.0. The molecule has 3 aromatic rings. The Labute approximate surface area is 192 Å². The molecule has 11 heteroatoms. The summed E-state index contributed by atoms with van der Waals surface area (Å²) in [6.07, 6.45) is -5.55. The first-order chi connectivity index (χ1) is 16.3. The summed E-state index contributed by atoms with van der Waals surface area (Å²) in [6.45, 7) is 0.312. The van der Waals surface area contributed by atoms with Gasteiger partial charge in [-0.3, -0.25) is 14.6 Å². The van der Waals surface area contributed by atoms with E-state index in [2.05, 4.69) is 30.4 Å². The van der Waals surface area contributed by atoms with Gasteiger partial charge in [-0.1, -0.05) is 12.1 Å². The molecule has 1 atom stereocenters. The molecule has 0 spiro atoms. The molecule has 2 heterocycles. The number of rotatable bonds is 6. The fraction of sp³-hybridized carbons (Fsp3) is 0.174. The molecule has 0 saturated carbocycles. The predicted molar refractivity (Wildman–Crippen MR) is 117 cm³/mol. The van der Waals surface area contributed by atoms with Gasteiger partial charge in [-0.05, 0) is 42.0 Å². The number of aromatic nitrogens is 1. The zero-order valence-corrected chi connectivity index (χ0v) is 17.8. The van der Waals surface area contributed by atoms with E-state index in [0.29, 0.717) is 17.8 Å². The number of pyridine rings is 1. The SMILES string of the molecule is CNC(=O)c1cc(CNc2ccccc2C(=O)Nc2ccc3c(c2)OC(F)C(F)(F)O3)ccn1. The zero-order chi connectivity index (χ0) is 24.3. The summed E-state index contributed by atoms with van der Waals surface area (Å²) in [5.74, 6) is -1.41. The van der Waals surface area contributed by atoms with Crippen LogP contribution >= 0.6 is 0 Å². The zero-order valence-electron chi connectivity index (χ0n) is 17.8. The number of nitrogens with zero attached hydrogens (tertiary/aromatic N) is 1. The van der Waals surface area contributed by atoms with E-state index in [1.807, 2.05) is 0 Å². The maximum Gasteiger partial charge on any atom is 0.468 e. The van der Waals surface area contributed by atoms with Gasteiger partial charge in [-0.15, -0.1) is 0 Å². The van der Waals surface area contributed by atoms with Crippen LogP contribution in [0.15, 0.2) is 60.8 Å². The van der Waals surface area contributed by atoms with Crippen LogP contribution in [-0.2, 0) is 6.54 Å². The van der Waals surface area contributed by atoms with E-state index in [1.165, 1.54) is 25.4 Å². The Morgan fingerprint density at radius 1 is 1.06 bits per heavy atom. The second kappa shape index (κ2) is 9.30. The molecule has 2 aromatic carbocycles. The van der Waals surface area contributed by atoms with Crippen LogP contribution < -0.4 is 25.4 Å². The van der Waals surface area contributed by atoms with Crippen molar-refractivity contribution in [2.45, 2.75) is 19.0 Å². The van der Waals surface area contributed by atoms with E-state index >= 15 is 0 Å². The second-order valence-corrected chi connectivity index (χ2v) is 7.24. The lowest BCUT2D eigenvalue weighted by Crippen LogP contribution is -2.43. The second-order valence-electron chi connectivity index (χ2n) is 7.24. The van der Waals surface area contributed by atoms with Crippen LogP contribution in [0.1, 0.15) is 26.4 Å². The number of carbonyl (C=O) groups excluding carboxylic acids is 2. The highest BCUT2D eigenvalue weighted by molar-refractivity contribution is 6.08. The molecule has 8 nitrogen and oxygen atoms in total. The number of nitrogens with one attached hydrogen (secondary N) is 3. The van der Waals surface area contributed by atoms with Crippen LogP contribution in [0.4, 0.5) is 24.5 Å². The fourth-order valence-electron chi connectivity index (χ4n) is 3.20. The van der Waals surface area contributed by atoms with Gasteiger partial charge < -0.3 is 25.4 Å². The molecule has 0 aliphatic carbocycles. The van der Waals surface area contributed by atoms with Crippen LogP contribution in [0.2, 0.25) is 0 Å². The van der Waals surface area contributed by atoms with E-state index in [-0.39, 0.29) is 28.8 Å². The minimum Gasteiger partial charge on any atom is -0.447 e. The first-order valence-corrected chi connectivity index (χ1v) is 10.1. The van der Waals surface area contributed by atoms with Crippen molar-refractivity contribution in [1.82, 2.24) is 10.3 Å². The number of ether oxygens (including phenoxy) is 2. The number of hydrogen-bond acceptors (Lipinski definition) is 6. The standard InChI is InChI=1S/C23H19F3N4O4/c1-27-21(32)17-10-13(8-9-28-17)12-29-16-5-3-2-4-15(16)20(31)30-14-6-7-18-19(11-14)33-22(24)23(25,26)34-18/h2-11,22,29H,12H2,1H3,(H,27,32)(H,30,31). The van der Waals surface area contributed by atoms with E-state index in [0.717, 1.165) is 11.6 Å². The monoisotopic (exact) mass is 472 g/mol. The number of amides is 2. The van der Waals surface area contributed by atoms with Crippen LogP contribution in [0.5, 0.6) is 11.5 Å². The van der Waals surface area contributed by atoms with Crippen LogP contribution in [-0.4, -0.2) is 36.3 Å². The highest BCUT2D eigenvalue weighted by Crippen LogP contribution is 2.41. The lowest BCUT2D eigenvalue weighted by Gasteiger charge is -2.28. The summed E-state index contributed by atoms with van der Waals surface area (Å²) in [7, 11) is 1.51. The molecule has 0 radical (unpaired) electrons. The van der Waals surface area contributed by atoms with Gasteiger partial charge in [-0.2, -0.15) is 13.2 Å². The van der Waals surface area contributed by atoms with Gasteiger partial charge in [0.1, 0.15) is 5.69 Å². The predicted octanol–water partition coefficient (Wildman–Crippen LogP) is 3.97. The molecule has 176 valence electrons. The number of hydrogen-bond donors (Lipinski definition) is 3. The summed E-state index contributed by atoms with van der Waals surface area (Å²) in [6, 6.07) is 13.8. The van der Waals surface area contributed by atoms with Gasteiger partial charge >= 0.3 is 12.5 Å². The average molecular weight is 472 g/mol. The number of halogens is 3. The Hall–Kier alpha value is -4.28. The molecule has 0 saturated heterocycles. The molecular weight excluding hydrogens is 453 g/mol. The molecule has 0 bridgehead atoms. The summed E-state index contributed by atoms with van der Waals surface area (Å²) >= 11 is 0. The number of para-hydroxylation sites is 1. The van der Waals surface area contributed by atoms with Gasteiger partial charge in [0.05, 0.1) is 5.56 Å². The van der Waals surface area contributed by atoms with Crippen molar-refractivity contribution in [1.29, 1.82) is 0 Å². The summed E-state index contributed by atoms with van der Waals surface area (Å²) in [5.41, 5.74) is 2.05. The van der Waals surface area contributed by atoms with Crippen molar-refractivity contribution >= 4 is 23.2 Å². The molecule has 4 rings (SSSR count). The Bertz CT molecular complexity index is 1240. The minimum absolute atomic E-state index is 0.198.